The fourth-order valence-corrected chi connectivity index (χ4v) is 4.88. The third kappa shape index (κ3) is 5.25. The van der Waals surface area contributed by atoms with Crippen molar-refractivity contribution in [3.8, 4) is 5.82 Å². The van der Waals surface area contributed by atoms with E-state index in [9.17, 15) is 13.6 Å². The second-order valence-corrected chi connectivity index (χ2v) is 9.22. The van der Waals surface area contributed by atoms with E-state index >= 15 is 0 Å². The van der Waals surface area contributed by atoms with E-state index in [2.05, 4.69) is 25.5 Å². The first-order chi connectivity index (χ1) is 17.5. The van der Waals surface area contributed by atoms with E-state index < -0.39 is 6.43 Å². The van der Waals surface area contributed by atoms with Gasteiger partial charge in [-0.3, -0.25) is 9.36 Å². The van der Waals surface area contributed by atoms with Crippen molar-refractivity contribution in [2.24, 2.45) is 0 Å². The highest BCUT2D eigenvalue weighted by molar-refractivity contribution is 5.78. The molecule has 2 N–H and O–H groups in total. The first kappa shape index (κ1) is 24.4. The SMILES string of the molecule is CCC(=O)NC1CCC(Nc2nc(N3CCOCC3)cc(-n3c(C(F)F)nc4ccccc43)n2)CC1. The second kappa shape index (κ2) is 10.7. The fourth-order valence-electron chi connectivity index (χ4n) is 4.88. The molecule has 1 saturated heterocycles. The van der Waals surface area contributed by atoms with Crippen LogP contribution < -0.4 is 15.5 Å². The Bertz CT molecular complexity index is 1200. The number of imidazole rings is 1. The van der Waals surface area contributed by atoms with E-state index in [0.29, 0.717) is 61.3 Å². The molecule has 11 heteroatoms. The lowest BCUT2D eigenvalue weighted by Crippen LogP contribution is -2.40. The average molecular weight is 500 g/mol. The molecule has 0 atom stereocenters. The first-order valence-corrected chi connectivity index (χ1v) is 12.6. The number of ether oxygens (including phenoxy) is 1. The largest absolute Gasteiger partial charge is 0.378 e. The molecule has 0 unspecified atom stereocenters. The number of carbonyl (C=O) groups excluding carboxylic acids is 1. The predicted octanol–water partition coefficient (Wildman–Crippen LogP) is 3.84. The maximum atomic E-state index is 14.0. The number of rotatable bonds is 7. The van der Waals surface area contributed by atoms with Gasteiger partial charge in [-0.25, -0.2) is 13.8 Å². The van der Waals surface area contributed by atoms with Gasteiger partial charge in [0.15, 0.2) is 5.82 Å². The number of hydrogen-bond acceptors (Lipinski definition) is 7. The third-order valence-corrected chi connectivity index (χ3v) is 6.79. The van der Waals surface area contributed by atoms with E-state index in [1.165, 1.54) is 4.57 Å². The van der Waals surface area contributed by atoms with Crippen LogP contribution in [0.15, 0.2) is 30.3 Å². The lowest BCUT2D eigenvalue weighted by Gasteiger charge is -2.31. The molecule has 5 rings (SSSR count). The van der Waals surface area contributed by atoms with Crippen LogP contribution in [0.3, 0.4) is 0 Å². The van der Waals surface area contributed by atoms with Gasteiger partial charge in [0.05, 0.1) is 24.2 Å². The molecule has 3 aromatic rings. The number of hydrogen-bond donors (Lipinski definition) is 2. The molecule has 1 saturated carbocycles. The van der Waals surface area contributed by atoms with Crippen molar-refractivity contribution < 1.29 is 18.3 Å². The molecule has 2 fully saturated rings. The summed E-state index contributed by atoms with van der Waals surface area (Å²) >= 11 is 0. The molecular formula is C25H31F2N7O2. The van der Waals surface area contributed by atoms with Gasteiger partial charge in [0.25, 0.3) is 6.43 Å². The number of aromatic nitrogens is 4. The zero-order valence-electron chi connectivity index (χ0n) is 20.3. The summed E-state index contributed by atoms with van der Waals surface area (Å²) in [6.45, 7) is 4.31. The Labute approximate surface area is 208 Å². The highest BCUT2D eigenvalue weighted by Gasteiger charge is 2.26. The van der Waals surface area contributed by atoms with Crippen LogP contribution in [-0.2, 0) is 9.53 Å². The van der Waals surface area contributed by atoms with E-state index in [0.717, 1.165) is 25.7 Å². The predicted molar refractivity (Wildman–Crippen MR) is 133 cm³/mol. The smallest absolute Gasteiger partial charge is 0.296 e. The monoisotopic (exact) mass is 499 g/mol. The molecule has 3 heterocycles. The number of fused-ring (bicyclic) bond motifs is 1. The number of halogens is 2. The molecule has 1 aromatic carbocycles. The van der Waals surface area contributed by atoms with Crippen LogP contribution in [0.2, 0.25) is 0 Å². The van der Waals surface area contributed by atoms with Gasteiger partial charge >= 0.3 is 0 Å². The lowest BCUT2D eigenvalue weighted by molar-refractivity contribution is -0.121. The van der Waals surface area contributed by atoms with E-state index in [-0.39, 0.29) is 23.8 Å². The van der Waals surface area contributed by atoms with Gasteiger partial charge in [-0.15, -0.1) is 0 Å². The Kier molecular flexibility index (Phi) is 7.26. The maximum absolute atomic E-state index is 14.0. The van der Waals surface area contributed by atoms with Crippen LogP contribution in [0.5, 0.6) is 0 Å². The number of morpholine rings is 1. The number of benzene rings is 1. The minimum absolute atomic E-state index is 0.0694. The molecule has 0 radical (unpaired) electrons. The number of para-hydroxylation sites is 2. The summed E-state index contributed by atoms with van der Waals surface area (Å²) in [5.41, 5.74) is 1.05. The molecule has 0 bridgehead atoms. The number of anilines is 2. The number of nitrogens with one attached hydrogen (secondary N) is 2. The highest BCUT2D eigenvalue weighted by Crippen LogP contribution is 2.30. The number of nitrogens with zero attached hydrogens (tertiary/aromatic N) is 5. The average Bonchev–Trinajstić information content (AvgIpc) is 3.30. The standard InChI is InChI=1S/C25H31F2N7O2/c1-2-22(35)28-16-7-9-17(10-8-16)29-25-31-20(33-11-13-36-14-12-33)15-21(32-25)34-19-6-4-3-5-18(19)30-24(34)23(26)27/h3-6,15-17,23H,2,7-14H2,1H3,(H,28,35)(H,29,31,32). The summed E-state index contributed by atoms with van der Waals surface area (Å²) in [4.78, 5) is 27.4. The van der Waals surface area contributed by atoms with Crippen molar-refractivity contribution in [3.05, 3.63) is 36.2 Å². The Hall–Kier alpha value is -3.34. The topological polar surface area (TPSA) is 97.2 Å². The molecular weight excluding hydrogens is 468 g/mol. The molecule has 1 amide bonds. The Morgan fingerprint density at radius 2 is 1.75 bits per heavy atom. The van der Waals surface area contributed by atoms with Gasteiger partial charge in [0.1, 0.15) is 11.6 Å². The molecule has 2 aromatic heterocycles. The Balaban J connectivity index is 1.46. The van der Waals surface area contributed by atoms with Gasteiger partial charge in [-0.05, 0) is 37.8 Å². The van der Waals surface area contributed by atoms with Crippen molar-refractivity contribution >= 4 is 28.7 Å². The van der Waals surface area contributed by atoms with Crippen molar-refractivity contribution in [1.29, 1.82) is 0 Å². The minimum atomic E-state index is -2.76. The summed E-state index contributed by atoms with van der Waals surface area (Å²) in [6, 6.07) is 9.11. The van der Waals surface area contributed by atoms with Gasteiger partial charge in [0, 0.05) is 37.7 Å². The van der Waals surface area contributed by atoms with E-state index in [1.807, 2.05) is 6.92 Å². The zero-order chi connectivity index (χ0) is 25.1. The van der Waals surface area contributed by atoms with Crippen molar-refractivity contribution in [2.45, 2.75) is 57.5 Å². The molecule has 2 aliphatic rings. The summed E-state index contributed by atoms with van der Waals surface area (Å²) < 4.78 is 35.0. The highest BCUT2D eigenvalue weighted by atomic mass is 19.3. The summed E-state index contributed by atoms with van der Waals surface area (Å²) in [5.74, 6) is 1.13. The Morgan fingerprint density at radius 3 is 2.47 bits per heavy atom. The van der Waals surface area contributed by atoms with Crippen LogP contribution in [0.25, 0.3) is 16.9 Å². The van der Waals surface area contributed by atoms with Gasteiger partial charge < -0.3 is 20.3 Å². The zero-order valence-corrected chi connectivity index (χ0v) is 20.3. The molecule has 0 spiro atoms. The van der Waals surface area contributed by atoms with Crippen LogP contribution >= 0.6 is 0 Å². The number of carbonyl (C=O) groups is 1. The Morgan fingerprint density at radius 1 is 1.06 bits per heavy atom. The molecule has 9 nitrogen and oxygen atoms in total. The van der Waals surface area contributed by atoms with Crippen molar-refractivity contribution in [1.82, 2.24) is 24.8 Å². The molecule has 192 valence electrons. The number of amides is 1. The number of alkyl halides is 2. The van der Waals surface area contributed by atoms with Crippen molar-refractivity contribution in [3.63, 3.8) is 0 Å². The van der Waals surface area contributed by atoms with Crippen LogP contribution in [0, 0.1) is 0 Å². The molecule has 1 aliphatic heterocycles. The van der Waals surface area contributed by atoms with E-state index in [1.54, 1.807) is 30.3 Å². The third-order valence-electron chi connectivity index (χ3n) is 6.79. The minimum Gasteiger partial charge on any atom is -0.378 e. The van der Waals surface area contributed by atoms with Gasteiger partial charge in [-0.2, -0.15) is 9.97 Å². The van der Waals surface area contributed by atoms with Gasteiger partial charge in [0.2, 0.25) is 11.9 Å². The summed E-state index contributed by atoms with van der Waals surface area (Å²) in [6.07, 6.45) is 1.15. The van der Waals surface area contributed by atoms with Crippen LogP contribution in [0.1, 0.15) is 51.3 Å². The lowest BCUT2D eigenvalue weighted by atomic mass is 9.91. The summed E-state index contributed by atoms with van der Waals surface area (Å²) in [7, 11) is 0. The van der Waals surface area contributed by atoms with Crippen LogP contribution in [-0.4, -0.2) is 63.8 Å². The normalized spacial score (nSPS) is 20.6. The quantitative estimate of drug-likeness (QED) is 0.510. The molecule has 1 aliphatic carbocycles. The summed E-state index contributed by atoms with van der Waals surface area (Å²) in [5, 5.41) is 6.50. The van der Waals surface area contributed by atoms with Crippen LogP contribution in [0.4, 0.5) is 20.5 Å². The molecule has 36 heavy (non-hydrogen) atoms. The van der Waals surface area contributed by atoms with E-state index in [4.69, 9.17) is 9.72 Å². The van der Waals surface area contributed by atoms with Crippen molar-refractivity contribution in [2.75, 3.05) is 36.5 Å². The maximum Gasteiger partial charge on any atom is 0.296 e. The second-order valence-electron chi connectivity index (χ2n) is 9.22. The first-order valence-electron chi connectivity index (χ1n) is 12.6. The van der Waals surface area contributed by atoms with Gasteiger partial charge in [-0.1, -0.05) is 19.1 Å². The fraction of sp³-hybridized carbons (Fsp3) is 0.520.